The van der Waals surface area contributed by atoms with Crippen LogP contribution in [0.1, 0.15) is 13.8 Å². The molecule has 0 unspecified atom stereocenters. The SMILES string of the molecule is CC(C)(O)C#CC(F)(F)C(F)(F)C(F)(F)C(F)(F)F. The molecule has 19 heavy (non-hydrogen) atoms. The molecular weight excluding hydrogens is 295 g/mol. The predicted octanol–water partition coefficient (Wildman–Crippen LogP) is 3.23. The first-order valence-electron chi connectivity index (χ1n) is 4.42. The Balaban J connectivity index is 5.70. The van der Waals surface area contributed by atoms with Crippen LogP contribution in [-0.2, 0) is 0 Å². The van der Waals surface area contributed by atoms with Crippen molar-refractivity contribution in [1.82, 2.24) is 0 Å². The van der Waals surface area contributed by atoms with Gasteiger partial charge in [-0.3, -0.25) is 0 Å². The first-order valence-corrected chi connectivity index (χ1v) is 4.42. The predicted molar refractivity (Wildman–Crippen MR) is 45.0 cm³/mol. The molecule has 0 aliphatic heterocycles. The maximum Gasteiger partial charge on any atom is 0.460 e. The summed E-state index contributed by atoms with van der Waals surface area (Å²) in [7, 11) is 0. The highest BCUT2D eigenvalue weighted by atomic mass is 19.4. The molecule has 0 spiro atoms. The molecule has 0 saturated carbocycles. The summed E-state index contributed by atoms with van der Waals surface area (Å²) in [4.78, 5) is 0. The van der Waals surface area contributed by atoms with Gasteiger partial charge in [0.1, 0.15) is 5.60 Å². The van der Waals surface area contributed by atoms with E-state index in [1.54, 1.807) is 0 Å². The number of aliphatic hydroxyl groups is 1. The first kappa shape index (κ1) is 17.9. The molecule has 1 nitrogen and oxygen atoms in total. The van der Waals surface area contributed by atoms with Crippen molar-refractivity contribution in [3.8, 4) is 11.8 Å². The van der Waals surface area contributed by atoms with Crippen LogP contribution in [0.25, 0.3) is 0 Å². The summed E-state index contributed by atoms with van der Waals surface area (Å²) < 4.78 is 110. The topological polar surface area (TPSA) is 20.2 Å². The monoisotopic (exact) mass is 302 g/mol. The lowest BCUT2D eigenvalue weighted by atomic mass is 10.0. The van der Waals surface area contributed by atoms with Crippen molar-refractivity contribution in [2.75, 3.05) is 0 Å². The van der Waals surface area contributed by atoms with Crippen molar-refractivity contribution < 1.29 is 44.6 Å². The van der Waals surface area contributed by atoms with Crippen LogP contribution in [0.5, 0.6) is 0 Å². The number of rotatable bonds is 2. The third-order valence-electron chi connectivity index (χ3n) is 1.67. The van der Waals surface area contributed by atoms with Gasteiger partial charge in [0.15, 0.2) is 0 Å². The zero-order valence-electron chi connectivity index (χ0n) is 9.35. The van der Waals surface area contributed by atoms with Crippen molar-refractivity contribution in [2.45, 2.75) is 43.4 Å². The van der Waals surface area contributed by atoms with E-state index in [4.69, 9.17) is 5.11 Å². The van der Waals surface area contributed by atoms with E-state index in [1.807, 2.05) is 0 Å². The molecule has 0 radical (unpaired) electrons. The lowest BCUT2D eigenvalue weighted by Gasteiger charge is -2.31. The van der Waals surface area contributed by atoms with Crippen LogP contribution in [-0.4, -0.2) is 34.7 Å². The van der Waals surface area contributed by atoms with Crippen LogP contribution in [0, 0.1) is 11.8 Å². The molecule has 0 aromatic carbocycles. The van der Waals surface area contributed by atoms with Gasteiger partial charge in [-0.2, -0.15) is 39.5 Å². The fourth-order valence-corrected chi connectivity index (χ4v) is 0.685. The van der Waals surface area contributed by atoms with Gasteiger partial charge in [0.25, 0.3) is 0 Å². The Kier molecular flexibility index (Phi) is 4.21. The van der Waals surface area contributed by atoms with E-state index < -0.39 is 29.5 Å². The Morgan fingerprint density at radius 2 is 1.05 bits per heavy atom. The Bertz CT molecular complexity index is 391. The highest BCUT2D eigenvalue weighted by Crippen LogP contribution is 2.52. The molecule has 0 amide bonds. The van der Waals surface area contributed by atoms with E-state index in [1.165, 1.54) is 0 Å². The van der Waals surface area contributed by atoms with Crippen LogP contribution in [0.15, 0.2) is 0 Å². The Labute approximate surface area is 101 Å². The van der Waals surface area contributed by atoms with E-state index in [9.17, 15) is 39.5 Å². The zero-order valence-corrected chi connectivity index (χ0v) is 9.35. The van der Waals surface area contributed by atoms with Crippen LogP contribution < -0.4 is 0 Å². The van der Waals surface area contributed by atoms with Gasteiger partial charge in [0.05, 0.1) is 0 Å². The highest BCUT2D eigenvalue weighted by molar-refractivity contribution is 5.22. The summed E-state index contributed by atoms with van der Waals surface area (Å²) in [5.41, 5.74) is -2.27. The minimum Gasteiger partial charge on any atom is -0.378 e. The second-order valence-corrected chi connectivity index (χ2v) is 4.03. The second kappa shape index (κ2) is 4.47. The van der Waals surface area contributed by atoms with E-state index in [-0.39, 0.29) is 5.92 Å². The summed E-state index contributed by atoms with van der Waals surface area (Å²) in [6, 6.07) is 0. The van der Waals surface area contributed by atoms with Crippen molar-refractivity contribution in [1.29, 1.82) is 0 Å². The van der Waals surface area contributed by atoms with Crippen LogP contribution in [0.4, 0.5) is 39.5 Å². The average Bonchev–Trinajstić information content (AvgIpc) is 2.11. The van der Waals surface area contributed by atoms with Crippen LogP contribution in [0.3, 0.4) is 0 Å². The fraction of sp³-hybridized carbons (Fsp3) is 0.778. The molecular formula is C9H7F9O. The van der Waals surface area contributed by atoms with E-state index >= 15 is 0 Å². The number of hydrogen-bond donors (Lipinski definition) is 1. The number of halogens is 9. The largest absolute Gasteiger partial charge is 0.460 e. The lowest BCUT2D eigenvalue weighted by molar-refractivity contribution is -0.386. The fourth-order valence-electron chi connectivity index (χ4n) is 0.685. The Morgan fingerprint density at radius 3 is 1.32 bits per heavy atom. The third-order valence-corrected chi connectivity index (χ3v) is 1.67. The molecule has 0 saturated heterocycles. The quantitative estimate of drug-likeness (QED) is 0.613. The van der Waals surface area contributed by atoms with Gasteiger partial charge < -0.3 is 5.11 Å². The molecule has 0 aromatic rings. The second-order valence-electron chi connectivity index (χ2n) is 4.03. The van der Waals surface area contributed by atoms with Crippen molar-refractivity contribution >= 4 is 0 Å². The van der Waals surface area contributed by atoms with E-state index in [0.717, 1.165) is 19.8 Å². The summed E-state index contributed by atoms with van der Waals surface area (Å²) in [5.74, 6) is -18.4. The summed E-state index contributed by atoms with van der Waals surface area (Å²) >= 11 is 0. The molecule has 1 N–H and O–H groups in total. The molecule has 0 atom stereocenters. The molecule has 0 heterocycles. The minimum atomic E-state index is -6.97. The van der Waals surface area contributed by atoms with Gasteiger partial charge in [-0.25, -0.2) is 0 Å². The van der Waals surface area contributed by atoms with Crippen molar-refractivity contribution in [2.24, 2.45) is 0 Å². The normalized spacial score (nSPS) is 14.9. The summed E-state index contributed by atoms with van der Waals surface area (Å²) in [6.07, 6.45) is -6.88. The lowest BCUT2D eigenvalue weighted by Crippen LogP contribution is -2.60. The standard InChI is InChI=1S/C9H7F9O/c1-5(2,19)3-4-6(10,11)7(12,13)8(14,15)9(16,17)18/h19H,1-2H3. The smallest absolute Gasteiger partial charge is 0.378 e. The molecule has 0 aliphatic rings. The number of alkyl halides is 9. The van der Waals surface area contributed by atoms with Gasteiger partial charge in [0, 0.05) is 0 Å². The third kappa shape index (κ3) is 3.46. The Morgan fingerprint density at radius 1 is 0.684 bits per heavy atom. The number of hydrogen-bond acceptors (Lipinski definition) is 1. The van der Waals surface area contributed by atoms with Crippen LogP contribution >= 0.6 is 0 Å². The molecule has 0 bridgehead atoms. The average molecular weight is 302 g/mol. The highest BCUT2D eigenvalue weighted by Gasteiger charge is 2.81. The Hall–Kier alpha value is -1.11. The van der Waals surface area contributed by atoms with Gasteiger partial charge in [-0.1, -0.05) is 5.92 Å². The van der Waals surface area contributed by atoms with Crippen LogP contribution in [0.2, 0.25) is 0 Å². The summed E-state index contributed by atoms with van der Waals surface area (Å²) in [5, 5.41) is 8.85. The molecule has 0 aliphatic carbocycles. The van der Waals surface area contributed by atoms with Crippen molar-refractivity contribution in [3.05, 3.63) is 0 Å². The maximum atomic E-state index is 12.7. The molecule has 0 aromatic heterocycles. The molecule has 112 valence electrons. The van der Waals surface area contributed by atoms with Crippen molar-refractivity contribution in [3.63, 3.8) is 0 Å². The zero-order chi connectivity index (χ0) is 15.9. The maximum absolute atomic E-state index is 12.7. The van der Waals surface area contributed by atoms with Gasteiger partial charge in [-0.15, -0.1) is 0 Å². The first-order chi connectivity index (χ1) is 7.96. The molecule has 10 heteroatoms. The van der Waals surface area contributed by atoms with Gasteiger partial charge in [-0.05, 0) is 19.8 Å². The minimum absolute atomic E-state index is 0.254. The van der Waals surface area contributed by atoms with E-state index in [2.05, 4.69) is 0 Å². The van der Waals surface area contributed by atoms with Gasteiger partial charge in [0.2, 0.25) is 0 Å². The van der Waals surface area contributed by atoms with Gasteiger partial charge >= 0.3 is 23.9 Å². The van der Waals surface area contributed by atoms with E-state index in [0.29, 0.717) is 0 Å². The summed E-state index contributed by atoms with van der Waals surface area (Å²) in [6.45, 7) is 1.49. The molecule has 0 fully saturated rings. The molecule has 0 rings (SSSR count).